The van der Waals surface area contributed by atoms with Crippen molar-refractivity contribution in [2.75, 3.05) is 24.5 Å². The highest BCUT2D eigenvalue weighted by molar-refractivity contribution is 7.14. The molecule has 0 bridgehead atoms. The van der Waals surface area contributed by atoms with E-state index in [1.165, 1.54) is 11.3 Å². The lowest BCUT2D eigenvalue weighted by molar-refractivity contribution is -0.121. The van der Waals surface area contributed by atoms with E-state index in [0.29, 0.717) is 6.42 Å². The van der Waals surface area contributed by atoms with Crippen molar-refractivity contribution in [3.63, 3.8) is 0 Å². The van der Waals surface area contributed by atoms with Crippen LogP contribution in [0.25, 0.3) is 0 Å². The lowest BCUT2D eigenvalue weighted by Gasteiger charge is -2.23. The van der Waals surface area contributed by atoms with Crippen LogP contribution >= 0.6 is 36.2 Å². The van der Waals surface area contributed by atoms with Crippen LogP contribution in [0.15, 0.2) is 5.38 Å². The Hall–Kier alpha value is -0.890. The third kappa shape index (κ3) is 5.31. The molecule has 1 aromatic rings. The van der Waals surface area contributed by atoms with E-state index >= 15 is 0 Å². The molecule has 0 saturated carbocycles. The van der Waals surface area contributed by atoms with E-state index in [2.05, 4.69) is 15.6 Å². The van der Waals surface area contributed by atoms with Crippen LogP contribution in [-0.2, 0) is 16.0 Å². The Labute approximate surface area is 152 Å². The number of carbonyl (C=O) groups is 2. The van der Waals surface area contributed by atoms with E-state index in [9.17, 15) is 9.59 Å². The summed E-state index contributed by atoms with van der Waals surface area (Å²) in [6, 6.07) is 0.226. The first-order chi connectivity index (χ1) is 10.2. The van der Waals surface area contributed by atoms with E-state index in [1.807, 2.05) is 5.38 Å². The van der Waals surface area contributed by atoms with Crippen LogP contribution in [0.1, 0.15) is 31.4 Å². The second-order valence-electron chi connectivity index (χ2n) is 5.56. The number of carbonyl (C=O) groups excluding carboxylic acids is 2. The topological polar surface area (TPSA) is 74.3 Å². The van der Waals surface area contributed by atoms with Gasteiger partial charge >= 0.3 is 0 Å². The predicted octanol–water partition coefficient (Wildman–Crippen LogP) is 1.52. The molecule has 2 saturated heterocycles. The average molecular weight is 381 g/mol. The highest BCUT2D eigenvalue weighted by atomic mass is 35.5. The van der Waals surface area contributed by atoms with E-state index < -0.39 is 0 Å². The zero-order valence-corrected chi connectivity index (χ0v) is 15.2. The largest absolute Gasteiger partial charge is 0.352 e. The summed E-state index contributed by atoms with van der Waals surface area (Å²) in [5.74, 6) is 0.141. The first-order valence-electron chi connectivity index (χ1n) is 7.47. The summed E-state index contributed by atoms with van der Waals surface area (Å²) in [5.41, 5.74) is 0.746. The molecule has 2 aliphatic heterocycles. The normalized spacial score (nSPS) is 20.6. The van der Waals surface area contributed by atoms with Crippen molar-refractivity contribution in [3.8, 4) is 0 Å². The predicted molar refractivity (Wildman–Crippen MR) is 95.9 cm³/mol. The maximum absolute atomic E-state index is 12.0. The highest BCUT2D eigenvalue weighted by Gasteiger charge is 2.24. The smallest absolute Gasteiger partial charge is 0.228 e. The summed E-state index contributed by atoms with van der Waals surface area (Å²) in [4.78, 5) is 29.8. The molecule has 1 aromatic heterocycles. The monoisotopic (exact) mass is 380 g/mol. The lowest BCUT2D eigenvalue weighted by Crippen LogP contribution is -2.46. The summed E-state index contributed by atoms with van der Waals surface area (Å²) in [6.45, 7) is 2.62. The molecule has 2 fully saturated rings. The number of anilines is 1. The van der Waals surface area contributed by atoms with E-state index in [-0.39, 0.29) is 49.1 Å². The standard InChI is InChI=1S/C14H20N4O2S.2ClH/c19-12(16-10-3-1-5-15-8-10)7-11-9-21-14(17-11)18-6-2-4-13(18)20;;/h9-10,15H,1-8H2,(H,16,19);2*1H/t10-;;/m0../s1. The maximum Gasteiger partial charge on any atom is 0.228 e. The van der Waals surface area contributed by atoms with Crippen LogP contribution in [0.5, 0.6) is 0 Å². The van der Waals surface area contributed by atoms with Gasteiger partial charge in [-0.3, -0.25) is 14.5 Å². The van der Waals surface area contributed by atoms with Crippen LogP contribution in [0.3, 0.4) is 0 Å². The van der Waals surface area contributed by atoms with Gasteiger partial charge in [0.25, 0.3) is 0 Å². The van der Waals surface area contributed by atoms with Gasteiger partial charge in [0, 0.05) is 30.9 Å². The summed E-state index contributed by atoms with van der Waals surface area (Å²) in [7, 11) is 0. The number of aromatic nitrogens is 1. The fraction of sp³-hybridized carbons (Fsp3) is 0.643. The van der Waals surface area contributed by atoms with Crippen molar-refractivity contribution >= 4 is 53.1 Å². The van der Waals surface area contributed by atoms with Gasteiger partial charge in [0.1, 0.15) is 0 Å². The van der Waals surface area contributed by atoms with Crippen molar-refractivity contribution < 1.29 is 9.59 Å². The quantitative estimate of drug-likeness (QED) is 0.830. The fourth-order valence-corrected chi connectivity index (χ4v) is 3.64. The molecule has 130 valence electrons. The first kappa shape index (κ1) is 20.2. The number of amides is 2. The van der Waals surface area contributed by atoms with Gasteiger partial charge in [-0.25, -0.2) is 4.98 Å². The number of nitrogens with one attached hydrogen (secondary N) is 2. The number of hydrogen-bond acceptors (Lipinski definition) is 5. The van der Waals surface area contributed by atoms with Crippen LogP contribution in [0.4, 0.5) is 5.13 Å². The Morgan fingerprint density at radius 1 is 1.43 bits per heavy atom. The Bertz CT molecular complexity index is 535. The lowest BCUT2D eigenvalue weighted by atomic mass is 10.1. The number of piperidine rings is 1. The van der Waals surface area contributed by atoms with Gasteiger partial charge in [-0.15, -0.1) is 36.2 Å². The molecule has 3 heterocycles. The molecule has 0 unspecified atom stereocenters. The van der Waals surface area contributed by atoms with Crippen molar-refractivity contribution in [1.29, 1.82) is 0 Å². The number of hydrogen-bond donors (Lipinski definition) is 2. The fourth-order valence-electron chi connectivity index (χ4n) is 2.77. The Balaban J connectivity index is 0.00000132. The minimum atomic E-state index is 0. The second-order valence-corrected chi connectivity index (χ2v) is 6.39. The van der Waals surface area contributed by atoms with Gasteiger partial charge in [0.15, 0.2) is 5.13 Å². The van der Waals surface area contributed by atoms with Crippen molar-refractivity contribution in [1.82, 2.24) is 15.6 Å². The van der Waals surface area contributed by atoms with E-state index in [0.717, 1.165) is 49.7 Å². The van der Waals surface area contributed by atoms with Gasteiger partial charge in [-0.2, -0.15) is 0 Å². The van der Waals surface area contributed by atoms with Crippen molar-refractivity contribution in [2.24, 2.45) is 0 Å². The molecule has 0 spiro atoms. The van der Waals surface area contributed by atoms with Gasteiger partial charge in [0.05, 0.1) is 12.1 Å². The summed E-state index contributed by atoms with van der Waals surface area (Å²) in [5, 5.41) is 8.91. The molecule has 2 aliphatic rings. The molecule has 2 N–H and O–H groups in total. The molecule has 2 amide bonds. The molecule has 0 aromatic carbocycles. The van der Waals surface area contributed by atoms with Crippen LogP contribution in [0.2, 0.25) is 0 Å². The number of nitrogens with zero attached hydrogens (tertiary/aromatic N) is 2. The van der Waals surface area contributed by atoms with Crippen LogP contribution in [-0.4, -0.2) is 42.5 Å². The SMILES string of the molecule is Cl.Cl.O=C(Cc1csc(N2CCCC2=O)n1)N[C@H]1CCCNC1. The molecule has 9 heteroatoms. The first-order valence-corrected chi connectivity index (χ1v) is 8.35. The molecule has 3 rings (SSSR count). The van der Waals surface area contributed by atoms with Gasteiger partial charge in [-0.05, 0) is 25.8 Å². The second kappa shape index (κ2) is 9.42. The van der Waals surface area contributed by atoms with E-state index in [1.54, 1.807) is 4.90 Å². The van der Waals surface area contributed by atoms with Crippen LogP contribution in [0, 0.1) is 0 Å². The Morgan fingerprint density at radius 3 is 2.91 bits per heavy atom. The molecule has 0 radical (unpaired) electrons. The summed E-state index contributed by atoms with van der Waals surface area (Å²) < 4.78 is 0. The minimum absolute atomic E-state index is 0. The van der Waals surface area contributed by atoms with Crippen LogP contribution < -0.4 is 15.5 Å². The Kier molecular flexibility index (Phi) is 8.25. The average Bonchev–Trinajstić information content (AvgIpc) is 3.08. The maximum atomic E-state index is 12.0. The molecular formula is C14H22Cl2N4O2S. The molecular weight excluding hydrogens is 359 g/mol. The van der Waals surface area contributed by atoms with E-state index in [4.69, 9.17) is 0 Å². The van der Waals surface area contributed by atoms with Gasteiger partial charge in [0.2, 0.25) is 11.8 Å². The van der Waals surface area contributed by atoms with Gasteiger partial charge < -0.3 is 10.6 Å². The number of rotatable bonds is 4. The number of thiazole rings is 1. The summed E-state index contributed by atoms with van der Waals surface area (Å²) >= 11 is 1.44. The number of halogens is 2. The highest BCUT2D eigenvalue weighted by Crippen LogP contribution is 2.25. The minimum Gasteiger partial charge on any atom is -0.352 e. The zero-order valence-electron chi connectivity index (χ0n) is 12.7. The third-order valence-corrected chi connectivity index (χ3v) is 4.76. The van der Waals surface area contributed by atoms with Crippen molar-refractivity contribution in [3.05, 3.63) is 11.1 Å². The third-order valence-electron chi connectivity index (χ3n) is 3.85. The van der Waals surface area contributed by atoms with Crippen molar-refractivity contribution in [2.45, 2.75) is 38.1 Å². The summed E-state index contributed by atoms with van der Waals surface area (Å²) in [6.07, 6.45) is 3.91. The molecule has 23 heavy (non-hydrogen) atoms. The Morgan fingerprint density at radius 2 is 2.26 bits per heavy atom. The molecule has 6 nitrogen and oxygen atoms in total. The molecule has 1 atom stereocenters. The molecule has 0 aliphatic carbocycles. The van der Waals surface area contributed by atoms with Gasteiger partial charge in [-0.1, -0.05) is 0 Å². The zero-order chi connectivity index (χ0) is 14.7.